The lowest BCUT2D eigenvalue weighted by Gasteiger charge is -2.19. The summed E-state index contributed by atoms with van der Waals surface area (Å²) in [6.07, 6.45) is 26.2. The van der Waals surface area contributed by atoms with Gasteiger partial charge in [-0.15, -0.1) is 0 Å². The predicted molar refractivity (Wildman–Crippen MR) is 335 cm³/mol. The summed E-state index contributed by atoms with van der Waals surface area (Å²) in [5.41, 5.74) is 0. The normalized spacial score (nSPS) is 24.8. The van der Waals surface area contributed by atoms with E-state index in [1.807, 2.05) is 111 Å². The highest BCUT2D eigenvalue weighted by Crippen LogP contribution is 2.23. The minimum absolute atomic E-state index is 0.425. The fourth-order valence-electron chi connectivity index (χ4n) is 7.96. The molecule has 6 saturated heterocycles. The average Bonchev–Trinajstić information content (AvgIpc) is 3.46. The lowest BCUT2D eigenvalue weighted by atomic mass is 9.91. The van der Waals surface area contributed by atoms with Gasteiger partial charge in [-0.3, -0.25) is 0 Å². The molecule has 0 aromatic rings. The van der Waals surface area contributed by atoms with Crippen LogP contribution in [-0.2, 0) is 14.2 Å². The summed E-state index contributed by atoms with van der Waals surface area (Å²) in [6, 6.07) is 0.675. The van der Waals surface area contributed by atoms with Gasteiger partial charge in [0.15, 0.2) is 0 Å². The maximum atomic E-state index is 5.22. The number of hydrogen-bond acceptors (Lipinski definition) is 8. The Hall–Kier alpha value is -0.320. The Morgan fingerprint density at radius 1 is 0.278 bits per heavy atom. The molecular weight excluding hydrogens is 887 g/mol. The number of ether oxygens (including phenoxy) is 3. The van der Waals surface area contributed by atoms with Crippen LogP contribution in [0.2, 0.25) is 0 Å². The number of rotatable bonds is 0. The van der Waals surface area contributed by atoms with Crippen LogP contribution in [0.25, 0.3) is 0 Å². The van der Waals surface area contributed by atoms with Gasteiger partial charge in [0.1, 0.15) is 0 Å². The largest absolute Gasteiger partial charge is 0.381 e. The number of piperazine rings is 1. The maximum absolute atomic E-state index is 5.22. The fourth-order valence-corrected chi connectivity index (χ4v) is 7.96. The zero-order valence-corrected chi connectivity index (χ0v) is 55.0. The van der Waals surface area contributed by atoms with E-state index < -0.39 is 0 Å². The summed E-state index contributed by atoms with van der Waals surface area (Å²) >= 11 is 0. The highest BCUT2D eigenvalue weighted by atomic mass is 16.5. The van der Waals surface area contributed by atoms with E-state index in [1.165, 1.54) is 142 Å². The topological polar surface area (TPSA) is 87.8 Å². The highest BCUT2D eigenvalue weighted by Gasteiger charge is 2.10. The molecule has 6 aliphatic heterocycles. The minimum atomic E-state index is 0.425. The van der Waals surface area contributed by atoms with Gasteiger partial charge in [-0.2, -0.15) is 0 Å². The van der Waals surface area contributed by atoms with E-state index in [9.17, 15) is 0 Å². The molecule has 72 heavy (non-hydrogen) atoms. The Morgan fingerprint density at radius 3 is 0.750 bits per heavy atom. The molecule has 2 saturated carbocycles. The first-order valence-corrected chi connectivity index (χ1v) is 32.5. The second kappa shape index (κ2) is 84.6. The molecule has 448 valence electrons. The maximum Gasteiger partial charge on any atom is 0.0672 e. The first-order valence-electron chi connectivity index (χ1n) is 32.5. The quantitative estimate of drug-likeness (QED) is 0.164. The van der Waals surface area contributed by atoms with Crippen molar-refractivity contribution < 1.29 is 14.2 Å². The molecule has 6 heterocycles. The SMILES string of the molecule is CC.CC.CC.CC.CC.CC.CC.CC.CC1CCCCC1.CC1CCCCC1.C[C@@H]1CCCNC1.C[C@@H]1CCCOC1.C[C@H]1CCCNC1.C[C@H]1CCCOC1.C[C@H]1CNCCN1.C[C@H]1CNCCO1. The van der Waals surface area contributed by atoms with Crippen molar-refractivity contribution in [2.24, 2.45) is 35.5 Å². The minimum Gasteiger partial charge on any atom is -0.381 e. The molecule has 0 amide bonds. The Morgan fingerprint density at radius 2 is 0.611 bits per heavy atom. The summed E-state index contributed by atoms with van der Waals surface area (Å²) in [6.45, 7) is 65.2. The van der Waals surface area contributed by atoms with Crippen molar-refractivity contribution in [3.63, 3.8) is 0 Å². The average molecular weight is 1040 g/mol. The van der Waals surface area contributed by atoms with Crippen molar-refractivity contribution in [2.75, 3.05) is 91.9 Å². The molecule has 0 bridgehead atoms. The lowest BCUT2D eigenvalue weighted by molar-refractivity contribution is 0.0410. The highest BCUT2D eigenvalue weighted by molar-refractivity contribution is 4.70. The molecule has 8 nitrogen and oxygen atoms in total. The molecule has 8 rings (SSSR count). The van der Waals surface area contributed by atoms with Crippen LogP contribution in [0.15, 0.2) is 0 Å². The van der Waals surface area contributed by atoms with Gasteiger partial charge in [-0.25, -0.2) is 0 Å². The van der Waals surface area contributed by atoms with E-state index in [-0.39, 0.29) is 0 Å². The summed E-state index contributed by atoms with van der Waals surface area (Å²) in [4.78, 5) is 0. The van der Waals surface area contributed by atoms with Crippen LogP contribution < -0.4 is 26.6 Å². The van der Waals surface area contributed by atoms with Crippen molar-refractivity contribution in [3.8, 4) is 0 Å². The van der Waals surface area contributed by atoms with E-state index in [0.717, 1.165) is 101 Å². The van der Waals surface area contributed by atoms with Gasteiger partial charge in [0, 0.05) is 65.2 Å². The number of nitrogens with one attached hydrogen (secondary N) is 5. The molecule has 8 aliphatic rings. The van der Waals surface area contributed by atoms with Crippen molar-refractivity contribution in [2.45, 2.75) is 294 Å². The van der Waals surface area contributed by atoms with Gasteiger partial charge in [-0.05, 0) is 127 Å². The second-order valence-corrected chi connectivity index (χ2v) is 19.0. The first kappa shape index (κ1) is 88.3. The Balaban J connectivity index is -0.000000104. The fraction of sp³-hybridized carbons (Fsp3) is 1.00. The van der Waals surface area contributed by atoms with Gasteiger partial charge in [0.25, 0.3) is 0 Å². The molecule has 6 atom stereocenters. The van der Waals surface area contributed by atoms with Gasteiger partial charge < -0.3 is 40.8 Å². The van der Waals surface area contributed by atoms with Gasteiger partial charge >= 0.3 is 0 Å². The predicted octanol–water partition coefficient (Wildman–Crippen LogP) is 17.8. The molecule has 8 heteroatoms. The second-order valence-electron chi connectivity index (χ2n) is 19.0. The third kappa shape index (κ3) is 81.1. The van der Waals surface area contributed by atoms with Crippen LogP contribution in [0, 0.1) is 35.5 Å². The van der Waals surface area contributed by atoms with E-state index in [4.69, 9.17) is 14.2 Å². The molecule has 2 aliphatic carbocycles. The van der Waals surface area contributed by atoms with Crippen LogP contribution in [0.4, 0.5) is 0 Å². The van der Waals surface area contributed by atoms with E-state index >= 15 is 0 Å². The summed E-state index contributed by atoms with van der Waals surface area (Å²) in [5, 5.41) is 16.5. The van der Waals surface area contributed by atoms with Crippen LogP contribution >= 0.6 is 0 Å². The molecule has 0 radical (unpaired) electrons. The van der Waals surface area contributed by atoms with E-state index in [0.29, 0.717) is 12.1 Å². The lowest BCUT2D eigenvalue weighted by Crippen LogP contribution is -2.46. The zero-order valence-electron chi connectivity index (χ0n) is 55.0. The van der Waals surface area contributed by atoms with Crippen LogP contribution in [0.1, 0.15) is 282 Å². The Kier molecular flexibility index (Phi) is 104. The van der Waals surface area contributed by atoms with E-state index in [1.54, 1.807) is 0 Å². The summed E-state index contributed by atoms with van der Waals surface area (Å²) in [7, 11) is 0. The number of morpholine rings is 1. The molecule has 8 fully saturated rings. The molecule has 5 N–H and O–H groups in total. The monoisotopic (exact) mass is 1040 g/mol. The zero-order chi connectivity index (χ0) is 56.9. The smallest absolute Gasteiger partial charge is 0.0672 e. The summed E-state index contributed by atoms with van der Waals surface area (Å²) < 4.78 is 15.6. The number of piperidine rings is 2. The van der Waals surface area contributed by atoms with Crippen molar-refractivity contribution >= 4 is 0 Å². The van der Waals surface area contributed by atoms with Gasteiger partial charge in [0.2, 0.25) is 0 Å². The van der Waals surface area contributed by atoms with Crippen molar-refractivity contribution in [1.82, 2.24) is 26.6 Å². The molecule has 0 aromatic heterocycles. The van der Waals surface area contributed by atoms with Crippen molar-refractivity contribution in [3.05, 3.63) is 0 Å². The Labute approximate surface area is 460 Å². The first-order chi connectivity index (χ1) is 35.2. The molecule has 0 aromatic carbocycles. The third-order valence-electron chi connectivity index (χ3n) is 12.0. The van der Waals surface area contributed by atoms with Gasteiger partial charge in [0.05, 0.1) is 12.7 Å². The number of hydrogen-bond donors (Lipinski definition) is 5. The summed E-state index contributed by atoms with van der Waals surface area (Å²) in [5.74, 6) is 5.55. The molecular formula is C64H149N5O3. The molecule has 0 unspecified atom stereocenters. The van der Waals surface area contributed by atoms with Crippen molar-refractivity contribution in [1.29, 1.82) is 0 Å². The third-order valence-corrected chi connectivity index (χ3v) is 12.0. The van der Waals surface area contributed by atoms with E-state index in [2.05, 4.69) is 82.0 Å². The van der Waals surface area contributed by atoms with Crippen LogP contribution in [-0.4, -0.2) is 104 Å². The van der Waals surface area contributed by atoms with Gasteiger partial charge in [-0.1, -0.05) is 217 Å². The Bertz CT molecular complexity index is 572. The standard InChI is InChI=1S/2C7H14.2C6H13N.2C6H12O.C5H12N2.C5H11NO.8C2H6/c2*1-7-5-3-2-4-6-7;4*1-6-3-2-4-7-5-6;2*1-5-4-6-2-3-7-5;8*1-2/h2*7H,2-6H2,1H3;2*6-7H,2-5H2,1H3;2*6H,2-5H2,1H3;5-7H,2-4H2,1H3;5-6H,2-4H2,1H3;8*1-2H3/t;;4*6-;2*5-;;;;;;;;/m..101000......../s1. The molecule has 0 spiro atoms. The van der Waals surface area contributed by atoms with Crippen LogP contribution in [0.5, 0.6) is 0 Å². The van der Waals surface area contributed by atoms with Crippen LogP contribution in [0.3, 0.4) is 0 Å².